The van der Waals surface area contributed by atoms with Gasteiger partial charge in [0.25, 0.3) is 0 Å². The van der Waals surface area contributed by atoms with Gasteiger partial charge in [0.15, 0.2) is 0 Å². The Morgan fingerprint density at radius 3 is 1.94 bits per heavy atom. The van der Waals surface area contributed by atoms with Crippen molar-refractivity contribution in [3.63, 3.8) is 0 Å². The average molecular weight is 216 g/mol. The van der Waals surface area contributed by atoms with Crippen molar-refractivity contribution in [2.24, 2.45) is 0 Å². The van der Waals surface area contributed by atoms with E-state index < -0.39 is 0 Å². The van der Waals surface area contributed by atoms with Crippen molar-refractivity contribution in [1.29, 1.82) is 0 Å². The minimum atomic E-state index is 1.08. The quantitative estimate of drug-likeness (QED) is 0.614. The van der Waals surface area contributed by atoms with Gasteiger partial charge in [-0.1, -0.05) is 39.0 Å². The molecule has 0 heterocycles. The first-order chi connectivity index (χ1) is 7.76. The first-order valence-corrected chi connectivity index (χ1v) is 6.51. The van der Waals surface area contributed by atoms with Crippen LogP contribution < -0.4 is 0 Å². The van der Waals surface area contributed by atoms with Crippen LogP contribution in [0.4, 0.5) is 0 Å². The molecule has 0 fully saturated rings. The standard InChI is InChI=1S/C16H24/c1-5-9-10-13-11-14(6-2)16(8-4)15(7-3)12-13/h5,11-12H,1,6-10H2,2-4H3. The maximum atomic E-state index is 3.79. The first-order valence-electron chi connectivity index (χ1n) is 6.51. The molecule has 16 heavy (non-hydrogen) atoms. The van der Waals surface area contributed by atoms with Gasteiger partial charge in [0.05, 0.1) is 0 Å². The number of allylic oxidation sites excluding steroid dienone is 1. The number of hydrogen-bond acceptors (Lipinski definition) is 0. The lowest BCUT2D eigenvalue weighted by molar-refractivity contribution is 0.940. The molecule has 0 spiro atoms. The molecule has 88 valence electrons. The van der Waals surface area contributed by atoms with E-state index in [4.69, 9.17) is 0 Å². The van der Waals surface area contributed by atoms with Gasteiger partial charge >= 0.3 is 0 Å². The largest absolute Gasteiger partial charge is 0.103 e. The Hall–Kier alpha value is -1.04. The van der Waals surface area contributed by atoms with Gasteiger partial charge in [0, 0.05) is 0 Å². The normalized spacial score (nSPS) is 10.4. The van der Waals surface area contributed by atoms with E-state index >= 15 is 0 Å². The second kappa shape index (κ2) is 6.52. The zero-order valence-electron chi connectivity index (χ0n) is 11.0. The molecule has 0 aliphatic carbocycles. The lowest BCUT2D eigenvalue weighted by Crippen LogP contribution is -2.00. The van der Waals surface area contributed by atoms with Crippen LogP contribution >= 0.6 is 0 Å². The van der Waals surface area contributed by atoms with Gasteiger partial charge in [-0.05, 0) is 54.4 Å². The maximum Gasteiger partial charge on any atom is -0.0244 e. The van der Waals surface area contributed by atoms with E-state index in [0.717, 1.165) is 32.1 Å². The predicted molar refractivity (Wildman–Crippen MR) is 73.1 cm³/mol. The summed E-state index contributed by atoms with van der Waals surface area (Å²) in [6.45, 7) is 10.6. The molecule has 1 aromatic carbocycles. The summed E-state index contributed by atoms with van der Waals surface area (Å²) in [5.41, 5.74) is 6.14. The first kappa shape index (κ1) is 13.0. The van der Waals surface area contributed by atoms with E-state index in [1.807, 2.05) is 6.08 Å². The zero-order chi connectivity index (χ0) is 12.0. The summed E-state index contributed by atoms with van der Waals surface area (Å²) in [6, 6.07) is 4.78. The summed E-state index contributed by atoms with van der Waals surface area (Å²) in [4.78, 5) is 0. The molecule has 1 aromatic rings. The third-order valence-corrected chi connectivity index (χ3v) is 3.25. The van der Waals surface area contributed by atoms with Gasteiger partial charge < -0.3 is 0 Å². The van der Waals surface area contributed by atoms with Crippen LogP contribution in [0, 0.1) is 0 Å². The Kier molecular flexibility index (Phi) is 5.31. The summed E-state index contributed by atoms with van der Waals surface area (Å²) in [7, 11) is 0. The van der Waals surface area contributed by atoms with Crippen LogP contribution in [0.1, 0.15) is 49.4 Å². The van der Waals surface area contributed by atoms with E-state index in [9.17, 15) is 0 Å². The Bertz CT molecular complexity index is 322. The molecule has 0 heteroatoms. The van der Waals surface area contributed by atoms with E-state index in [1.54, 1.807) is 16.7 Å². The van der Waals surface area contributed by atoms with Crippen molar-refractivity contribution in [2.75, 3.05) is 0 Å². The van der Waals surface area contributed by atoms with Gasteiger partial charge in [-0.25, -0.2) is 0 Å². The summed E-state index contributed by atoms with van der Waals surface area (Å²) < 4.78 is 0. The van der Waals surface area contributed by atoms with Gasteiger partial charge in [-0.2, -0.15) is 0 Å². The molecular formula is C16H24. The molecule has 0 aliphatic rings. The van der Waals surface area contributed by atoms with E-state index in [1.165, 1.54) is 5.56 Å². The molecule has 0 aromatic heterocycles. The predicted octanol–water partition coefficient (Wildman–Crippen LogP) is 4.49. The fraction of sp³-hybridized carbons (Fsp3) is 0.500. The molecule has 0 radical (unpaired) electrons. The van der Waals surface area contributed by atoms with Crippen LogP contribution in [0.2, 0.25) is 0 Å². The molecule has 0 aliphatic heterocycles. The van der Waals surface area contributed by atoms with Crippen molar-refractivity contribution >= 4 is 0 Å². The lowest BCUT2D eigenvalue weighted by Gasteiger charge is -2.14. The van der Waals surface area contributed by atoms with E-state index in [2.05, 4.69) is 39.5 Å². The topological polar surface area (TPSA) is 0 Å². The highest BCUT2D eigenvalue weighted by atomic mass is 14.1. The van der Waals surface area contributed by atoms with Crippen molar-refractivity contribution in [3.8, 4) is 0 Å². The Morgan fingerprint density at radius 2 is 1.56 bits per heavy atom. The molecule has 0 atom stereocenters. The number of benzene rings is 1. The van der Waals surface area contributed by atoms with Crippen LogP contribution in [0.5, 0.6) is 0 Å². The fourth-order valence-corrected chi connectivity index (χ4v) is 2.37. The molecule has 0 saturated carbocycles. The average Bonchev–Trinajstić information content (AvgIpc) is 2.34. The molecule has 0 bridgehead atoms. The zero-order valence-corrected chi connectivity index (χ0v) is 11.0. The highest BCUT2D eigenvalue weighted by molar-refractivity contribution is 5.39. The van der Waals surface area contributed by atoms with Crippen molar-refractivity contribution in [1.82, 2.24) is 0 Å². The van der Waals surface area contributed by atoms with Gasteiger partial charge in [-0.3, -0.25) is 0 Å². The smallest absolute Gasteiger partial charge is 0.0244 e. The SMILES string of the molecule is C=CCCc1cc(CC)c(CC)c(CC)c1. The fourth-order valence-electron chi connectivity index (χ4n) is 2.37. The second-order valence-electron chi connectivity index (χ2n) is 4.28. The van der Waals surface area contributed by atoms with Crippen molar-refractivity contribution in [3.05, 3.63) is 47.0 Å². The van der Waals surface area contributed by atoms with E-state index in [-0.39, 0.29) is 0 Å². The monoisotopic (exact) mass is 216 g/mol. The minimum absolute atomic E-state index is 1.08. The van der Waals surface area contributed by atoms with Gasteiger partial charge in [0.2, 0.25) is 0 Å². The molecular weight excluding hydrogens is 192 g/mol. The summed E-state index contributed by atoms with van der Waals surface area (Å²) >= 11 is 0. The van der Waals surface area contributed by atoms with Crippen LogP contribution in [0.3, 0.4) is 0 Å². The van der Waals surface area contributed by atoms with Crippen molar-refractivity contribution < 1.29 is 0 Å². The van der Waals surface area contributed by atoms with E-state index in [0.29, 0.717) is 0 Å². The lowest BCUT2D eigenvalue weighted by atomic mass is 9.92. The Morgan fingerprint density at radius 1 is 1.00 bits per heavy atom. The summed E-state index contributed by atoms with van der Waals surface area (Å²) in [6.07, 6.45) is 7.68. The van der Waals surface area contributed by atoms with Crippen LogP contribution in [-0.2, 0) is 25.7 Å². The number of aryl methyl sites for hydroxylation is 3. The number of hydrogen-bond donors (Lipinski definition) is 0. The molecule has 0 unspecified atom stereocenters. The Labute approximate surface area is 100 Å². The maximum absolute atomic E-state index is 3.79. The molecule has 0 saturated heterocycles. The van der Waals surface area contributed by atoms with Gasteiger partial charge in [-0.15, -0.1) is 6.58 Å². The molecule has 0 amide bonds. The second-order valence-corrected chi connectivity index (χ2v) is 4.28. The van der Waals surface area contributed by atoms with Crippen LogP contribution in [0.15, 0.2) is 24.8 Å². The minimum Gasteiger partial charge on any atom is -0.103 e. The molecule has 0 N–H and O–H groups in total. The summed E-state index contributed by atoms with van der Waals surface area (Å²) in [5, 5.41) is 0. The highest BCUT2D eigenvalue weighted by Crippen LogP contribution is 2.21. The molecule has 1 rings (SSSR count). The van der Waals surface area contributed by atoms with Crippen molar-refractivity contribution in [2.45, 2.75) is 52.9 Å². The van der Waals surface area contributed by atoms with Gasteiger partial charge in [0.1, 0.15) is 0 Å². The number of rotatable bonds is 6. The highest BCUT2D eigenvalue weighted by Gasteiger charge is 2.06. The summed E-state index contributed by atoms with van der Waals surface area (Å²) in [5.74, 6) is 0. The molecule has 0 nitrogen and oxygen atoms in total. The Balaban J connectivity index is 3.09. The van der Waals surface area contributed by atoms with Crippen LogP contribution in [-0.4, -0.2) is 0 Å². The third kappa shape index (κ3) is 2.98. The van der Waals surface area contributed by atoms with Crippen LogP contribution in [0.25, 0.3) is 0 Å². The third-order valence-electron chi connectivity index (χ3n) is 3.25.